The van der Waals surface area contributed by atoms with E-state index in [1.54, 1.807) is 7.11 Å². The Labute approximate surface area is 168 Å². The molecule has 1 aromatic heterocycles. The number of carbonyl (C=O) groups is 1. The predicted molar refractivity (Wildman–Crippen MR) is 110 cm³/mol. The molecule has 2 aromatic carbocycles. The predicted octanol–water partition coefficient (Wildman–Crippen LogP) is 4.38. The van der Waals surface area contributed by atoms with Gasteiger partial charge < -0.3 is 9.47 Å². The van der Waals surface area contributed by atoms with Crippen LogP contribution in [0.2, 0.25) is 0 Å². The maximum Gasteiger partial charge on any atom is 0.316 e. The van der Waals surface area contributed by atoms with Crippen LogP contribution < -0.4 is 4.74 Å². The molecule has 7 heteroatoms. The highest BCUT2D eigenvalue weighted by atomic mass is 32.2. The van der Waals surface area contributed by atoms with Crippen molar-refractivity contribution in [2.45, 2.75) is 31.5 Å². The van der Waals surface area contributed by atoms with Gasteiger partial charge in [-0.3, -0.25) is 9.36 Å². The molecule has 0 aliphatic carbocycles. The lowest BCUT2D eigenvalue weighted by atomic mass is 10.2. The zero-order chi connectivity index (χ0) is 20.1. The van der Waals surface area contributed by atoms with E-state index in [0.29, 0.717) is 11.0 Å². The number of thioether (sulfide) groups is 1. The van der Waals surface area contributed by atoms with Crippen molar-refractivity contribution in [3.63, 3.8) is 0 Å². The Balaban J connectivity index is 1.95. The molecule has 0 spiro atoms. The van der Waals surface area contributed by atoms with Gasteiger partial charge >= 0.3 is 5.97 Å². The summed E-state index contributed by atoms with van der Waals surface area (Å²) in [6.45, 7) is 5.55. The van der Waals surface area contributed by atoms with Crippen molar-refractivity contribution in [3.8, 4) is 22.8 Å². The second-order valence-corrected chi connectivity index (χ2v) is 8.03. The van der Waals surface area contributed by atoms with Crippen molar-refractivity contribution in [1.29, 1.82) is 0 Å². The van der Waals surface area contributed by atoms with Crippen molar-refractivity contribution in [2.24, 2.45) is 0 Å². The lowest BCUT2D eigenvalue weighted by molar-refractivity contribution is -0.151. The lowest BCUT2D eigenvalue weighted by Crippen LogP contribution is -2.25. The fourth-order valence-electron chi connectivity index (χ4n) is 2.62. The smallest absolute Gasteiger partial charge is 0.316 e. The number of hydrogen-bond donors (Lipinski definition) is 0. The highest BCUT2D eigenvalue weighted by Crippen LogP contribution is 2.29. The van der Waals surface area contributed by atoms with E-state index in [0.717, 1.165) is 17.0 Å². The summed E-state index contributed by atoms with van der Waals surface area (Å²) in [5.74, 6) is 1.28. The third kappa shape index (κ3) is 4.92. The highest BCUT2D eigenvalue weighted by molar-refractivity contribution is 7.99. The van der Waals surface area contributed by atoms with Gasteiger partial charge in [-0.15, -0.1) is 10.2 Å². The number of esters is 1. The Morgan fingerprint density at radius 3 is 2.50 bits per heavy atom. The monoisotopic (exact) mass is 397 g/mol. The molecule has 28 heavy (non-hydrogen) atoms. The Morgan fingerprint density at radius 1 is 1.07 bits per heavy atom. The van der Waals surface area contributed by atoms with Gasteiger partial charge in [0.15, 0.2) is 11.0 Å². The topological polar surface area (TPSA) is 66.2 Å². The number of hydrogen-bond acceptors (Lipinski definition) is 6. The normalized spacial score (nSPS) is 11.3. The van der Waals surface area contributed by atoms with E-state index in [-0.39, 0.29) is 11.7 Å². The molecular weight excluding hydrogens is 374 g/mol. The first kappa shape index (κ1) is 19.9. The molecule has 146 valence electrons. The molecule has 0 N–H and O–H groups in total. The van der Waals surface area contributed by atoms with Gasteiger partial charge in [0, 0.05) is 11.3 Å². The van der Waals surface area contributed by atoms with Gasteiger partial charge in [0.05, 0.1) is 12.9 Å². The number of ether oxygens (including phenoxy) is 2. The van der Waals surface area contributed by atoms with Gasteiger partial charge in [0.1, 0.15) is 11.4 Å². The van der Waals surface area contributed by atoms with E-state index < -0.39 is 5.60 Å². The first-order valence-corrected chi connectivity index (χ1v) is 9.86. The molecule has 0 fully saturated rings. The summed E-state index contributed by atoms with van der Waals surface area (Å²) in [6.07, 6.45) is 0. The summed E-state index contributed by atoms with van der Waals surface area (Å²) in [5, 5.41) is 9.32. The summed E-state index contributed by atoms with van der Waals surface area (Å²) >= 11 is 1.30. The summed E-state index contributed by atoms with van der Waals surface area (Å²) in [5.41, 5.74) is 1.27. The molecule has 0 amide bonds. The van der Waals surface area contributed by atoms with Gasteiger partial charge in [-0.05, 0) is 45.0 Å². The molecule has 6 nitrogen and oxygen atoms in total. The minimum absolute atomic E-state index is 0.153. The van der Waals surface area contributed by atoms with Crippen LogP contribution in [0, 0.1) is 0 Å². The molecule has 0 bridgehead atoms. The van der Waals surface area contributed by atoms with Crippen molar-refractivity contribution in [3.05, 3.63) is 54.6 Å². The highest BCUT2D eigenvalue weighted by Gasteiger charge is 2.20. The molecule has 0 radical (unpaired) electrons. The number of rotatable bonds is 6. The largest absolute Gasteiger partial charge is 0.497 e. The third-order valence-corrected chi connectivity index (χ3v) is 4.62. The van der Waals surface area contributed by atoms with Gasteiger partial charge in [-0.2, -0.15) is 0 Å². The van der Waals surface area contributed by atoms with Gasteiger partial charge in [-0.1, -0.05) is 42.1 Å². The second-order valence-electron chi connectivity index (χ2n) is 7.08. The fraction of sp³-hybridized carbons (Fsp3) is 0.286. The second kappa shape index (κ2) is 8.48. The molecule has 0 atom stereocenters. The van der Waals surface area contributed by atoms with Crippen molar-refractivity contribution < 1.29 is 14.3 Å². The zero-order valence-electron chi connectivity index (χ0n) is 16.4. The van der Waals surface area contributed by atoms with Crippen molar-refractivity contribution in [2.75, 3.05) is 12.9 Å². The number of para-hydroxylation sites is 1. The van der Waals surface area contributed by atoms with Crippen LogP contribution in [-0.4, -0.2) is 39.2 Å². The molecule has 0 aliphatic rings. The maximum absolute atomic E-state index is 12.1. The molecule has 0 unspecified atom stereocenters. The Morgan fingerprint density at radius 2 is 1.82 bits per heavy atom. The summed E-state index contributed by atoms with van der Waals surface area (Å²) < 4.78 is 12.7. The van der Waals surface area contributed by atoms with Gasteiger partial charge in [-0.25, -0.2) is 0 Å². The molecule has 0 aliphatic heterocycles. The average molecular weight is 398 g/mol. The molecule has 0 saturated carbocycles. The van der Waals surface area contributed by atoms with Crippen LogP contribution in [0.5, 0.6) is 5.75 Å². The zero-order valence-corrected chi connectivity index (χ0v) is 17.2. The summed E-state index contributed by atoms with van der Waals surface area (Å²) in [6, 6.07) is 17.5. The standard InChI is InChI=1S/C21H23N3O3S/c1-21(2,3)27-18(25)14-28-20-23-22-19(15-9-8-12-17(13-15)26-4)24(20)16-10-6-5-7-11-16/h5-13H,14H2,1-4H3. The van der Waals surface area contributed by atoms with Crippen LogP contribution in [-0.2, 0) is 9.53 Å². The fourth-order valence-corrected chi connectivity index (χ4v) is 3.34. The minimum atomic E-state index is -0.517. The number of aromatic nitrogens is 3. The van der Waals surface area contributed by atoms with Gasteiger partial charge in [0.25, 0.3) is 0 Å². The van der Waals surface area contributed by atoms with Crippen LogP contribution in [0.15, 0.2) is 59.8 Å². The quantitative estimate of drug-likeness (QED) is 0.454. The first-order chi connectivity index (χ1) is 13.4. The molecular formula is C21H23N3O3S. The summed E-state index contributed by atoms with van der Waals surface area (Å²) in [4.78, 5) is 12.1. The molecule has 0 saturated heterocycles. The number of benzene rings is 2. The van der Waals surface area contributed by atoms with Crippen molar-refractivity contribution >= 4 is 17.7 Å². The Bertz CT molecular complexity index is 949. The number of methoxy groups -OCH3 is 1. The van der Waals surface area contributed by atoms with E-state index in [2.05, 4.69) is 10.2 Å². The van der Waals surface area contributed by atoms with Crippen LogP contribution in [0.1, 0.15) is 20.8 Å². The van der Waals surface area contributed by atoms with E-state index in [9.17, 15) is 4.79 Å². The molecule has 3 aromatic rings. The van der Waals surface area contributed by atoms with Gasteiger partial charge in [0.2, 0.25) is 0 Å². The Kier molecular flexibility index (Phi) is 6.04. The molecule has 3 rings (SSSR count). The van der Waals surface area contributed by atoms with E-state index >= 15 is 0 Å². The van der Waals surface area contributed by atoms with Crippen LogP contribution in [0.25, 0.3) is 17.1 Å². The number of carbonyl (C=O) groups excluding carboxylic acids is 1. The average Bonchev–Trinajstić information content (AvgIpc) is 3.10. The van der Waals surface area contributed by atoms with E-state index in [4.69, 9.17) is 9.47 Å². The lowest BCUT2D eigenvalue weighted by Gasteiger charge is -2.19. The van der Waals surface area contributed by atoms with Crippen LogP contribution >= 0.6 is 11.8 Å². The maximum atomic E-state index is 12.1. The first-order valence-electron chi connectivity index (χ1n) is 8.87. The Hall–Kier alpha value is -2.80. The third-order valence-electron chi connectivity index (χ3n) is 3.71. The van der Waals surface area contributed by atoms with E-state index in [1.165, 1.54) is 11.8 Å². The number of nitrogens with zero attached hydrogens (tertiary/aromatic N) is 3. The van der Waals surface area contributed by atoms with Crippen molar-refractivity contribution in [1.82, 2.24) is 14.8 Å². The molecule has 1 heterocycles. The van der Waals surface area contributed by atoms with E-state index in [1.807, 2.05) is 79.9 Å². The van der Waals surface area contributed by atoms with Crippen LogP contribution in [0.3, 0.4) is 0 Å². The minimum Gasteiger partial charge on any atom is -0.497 e. The van der Waals surface area contributed by atoms with Crippen LogP contribution in [0.4, 0.5) is 0 Å². The summed E-state index contributed by atoms with van der Waals surface area (Å²) in [7, 11) is 1.63. The SMILES string of the molecule is COc1cccc(-c2nnc(SCC(=O)OC(C)(C)C)n2-c2ccccc2)c1.